The van der Waals surface area contributed by atoms with Gasteiger partial charge < -0.3 is 20.9 Å². The van der Waals surface area contributed by atoms with Gasteiger partial charge in [0.15, 0.2) is 5.96 Å². The number of guanidine groups is 1. The molecule has 0 unspecified atom stereocenters. The number of aliphatic hydroxyl groups is 1. The van der Waals surface area contributed by atoms with Crippen LogP contribution in [0.4, 0.5) is 5.69 Å². The van der Waals surface area contributed by atoms with E-state index >= 15 is 0 Å². The number of halogens is 1. The summed E-state index contributed by atoms with van der Waals surface area (Å²) in [5.74, 6) is 1.18. The Kier molecular flexibility index (Phi) is 8.42. The maximum absolute atomic E-state index is 9.00. The van der Waals surface area contributed by atoms with Crippen LogP contribution < -0.4 is 15.8 Å². The molecule has 0 fully saturated rings. The fourth-order valence-electron chi connectivity index (χ4n) is 1.98. The average Bonchev–Trinajstić information content (AvgIpc) is 2.56. The third kappa shape index (κ3) is 6.45. The van der Waals surface area contributed by atoms with E-state index in [1.807, 2.05) is 48.5 Å². The van der Waals surface area contributed by atoms with Gasteiger partial charge in [0.1, 0.15) is 5.75 Å². The van der Waals surface area contributed by atoms with Gasteiger partial charge in [-0.25, -0.2) is 0 Å². The largest absolute Gasteiger partial charge is 0.497 e. The van der Waals surface area contributed by atoms with Crippen molar-refractivity contribution in [2.75, 3.05) is 19.0 Å². The quantitative estimate of drug-likeness (QED) is 0.376. The van der Waals surface area contributed by atoms with Gasteiger partial charge >= 0.3 is 0 Å². The van der Waals surface area contributed by atoms with E-state index in [1.54, 1.807) is 7.11 Å². The van der Waals surface area contributed by atoms with Crippen LogP contribution >= 0.6 is 24.0 Å². The third-order valence-corrected chi connectivity index (χ3v) is 3.25. The summed E-state index contributed by atoms with van der Waals surface area (Å²) < 4.78 is 5.10. The van der Waals surface area contributed by atoms with Crippen LogP contribution in [0.2, 0.25) is 0 Å². The van der Waals surface area contributed by atoms with Crippen molar-refractivity contribution in [2.45, 2.75) is 13.0 Å². The standard InChI is InChI=1S/C17H21N3O2.HI/c1-22-16-8-6-15(7-9-16)20-17(18)19-11-10-13-2-4-14(12-21)5-3-13;/h2-9,21H,10-12H2,1H3,(H3,18,19,20);1H. The topological polar surface area (TPSA) is 79.9 Å². The summed E-state index contributed by atoms with van der Waals surface area (Å²) in [5.41, 5.74) is 8.81. The molecule has 0 atom stereocenters. The van der Waals surface area contributed by atoms with Gasteiger partial charge in [-0.05, 0) is 41.8 Å². The number of nitrogens with zero attached hydrogens (tertiary/aromatic N) is 1. The summed E-state index contributed by atoms with van der Waals surface area (Å²) in [6.45, 7) is 0.671. The van der Waals surface area contributed by atoms with E-state index in [4.69, 9.17) is 15.6 Å². The van der Waals surface area contributed by atoms with Crippen molar-refractivity contribution in [1.29, 1.82) is 0 Å². The van der Waals surface area contributed by atoms with Crippen LogP contribution in [-0.4, -0.2) is 24.7 Å². The number of anilines is 1. The maximum atomic E-state index is 9.00. The molecule has 124 valence electrons. The molecule has 4 N–H and O–H groups in total. The van der Waals surface area contributed by atoms with Crippen molar-refractivity contribution in [3.05, 3.63) is 59.7 Å². The Labute approximate surface area is 153 Å². The number of nitrogens with one attached hydrogen (secondary N) is 1. The molecule has 0 saturated carbocycles. The van der Waals surface area contributed by atoms with Gasteiger partial charge in [0, 0.05) is 12.2 Å². The fourth-order valence-corrected chi connectivity index (χ4v) is 1.98. The molecule has 0 aliphatic rings. The van der Waals surface area contributed by atoms with Gasteiger partial charge in [0.05, 0.1) is 13.7 Å². The van der Waals surface area contributed by atoms with Crippen LogP contribution in [0.15, 0.2) is 53.5 Å². The molecule has 5 nitrogen and oxygen atoms in total. The molecular weight excluding hydrogens is 405 g/mol. The van der Waals surface area contributed by atoms with E-state index in [9.17, 15) is 0 Å². The minimum Gasteiger partial charge on any atom is -0.497 e. The lowest BCUT2D eigenvalue weighted by molar-refractivity contribution is 0.282. The number of hydrogen-bond donors (Lipinski definition) is 3. The van der Waals surface area contributed by atoms with Gasteiger partial charge in [-0.2, -0.15) is 0 Å². The Bertz CT molecular complexity index is 613. The lowest BCUT2D eigenvalue weighted by Crippen LogP contribution is -2.23. The van der Waals surface area contributed by atoms with E-state index in [1.165, 1.54) is 0 Å². The van der Waals surface area contributed by atoms with Crippen molar-refractivity contribution < 1.29 is 9.84 Å². The van der Waals surface area contributed by atoms with Crippen LogP contribution in [0.1, 0.15) is 11.1 Å². The van der Waals surface area contributed by atoms with Crippen molar-refractivity contribution >= 4 is 35.6 Å². The molecule has 0 saturated heterocycles. The molecule has 0 aliphatic carbocycles. The smallest absolute Gasteiger partial charge is 0.193 e. The number of rotatable bonds is 6. The van der Waals surface area contributed by atoms with Crippen molar-refractivity contribution in [1.82, 2.24) is 0 Å². The predicted octanol–water partition coefficient (Wildman–Crippen LogP) is 2.77. The molecule has 2 rings (SSSR count). The first-order valence-electron chi connectivity index (χ1n) is 7.11. The van der Waals surface area contributed by atoms with Crippen molar-refractivity contribution in [3.8, 4) is 5.75 Å². The summed E-state index contributed by atoms with van der Waals surface area (Å²) in [5, 5.41) is 12.0. The molecule has 0 heterocycles. The van der Waals surface area contributed by atoms with Gasteiger partial charge in [-0.1, -0.05) is 24.3 Å². The number of aliphatic imine (C=N–C) groups is 1. The van der Waals surface area contributed by atoms with E-state index in [-0.39, 0.29) is 30.6 Å². The summed E-state index contributed by atoms with van der Waals surface area (Å²) in [6.07, 6.45) is 0.802. The summed E-state index contributed by atoms with van der Waals surface area (Å²) in [6, 6.07) is 15.3. The summed E-state index contributed by atoms with van der Waals surface area (Å²) in [4.78, 5) is 4.30. The Balaban J connectivity index is 0.00000264. The second-order valence-corrected chi connectivity index (χ2v) is 4.85. The average molecular weight is 427 g/mol. The second kappa shape index (κ2) is 10.1. The van der Waals surface area contributed by atoms with Crippen LogP contribution in [-0.2, 0) is 13.0 Å². The molecule has 2 aromatic carbocycles. The van der Waals surface area contributed by atoms with Crippen LogP contribution in [0.3, 0.4) is 0 Å². The number of ether oxygens (including phenoxy) is 1. The van der Waals surface area contributed by atoms with Crippen LogP contribution in [0.25, 0.3) is 0 Å². The minimum atomic E-state index is 0. The van der Waals surface area contributed by atoms with Gasteiger partial charge in [-0.15, -0.1) is 24.0 Å². The Morgan fingerprint density at radius 3 is 2.26 bits per heavy atom. The highest BCUT2D eigenvalue weighted by atomic mass is 127. The minimum absolute atomic E-state index is 0. The Morgan fingerprint density at radius 1 is 1.09 bits per heavy atom. The van der Waals surface area contributed by atoms with Gasteiger partial charge in [-0.3, -0.25) is 4.99 Å². The molecular formula is C17H22IN3O2. The zero-order valence-electron chi connectivity index (χ0n) is 13.0. The molecule has 0 amide bonds. The molecule has 0 aromatic heterocycles. The lowest BCUT2D eigenvalue weighted by Gasteiger charge is -2.07. The molecule has 0 aliphatic heterocycles. The number of aliphatic hydroxyl groups excluding tert-OH is 1. The van der Waals surface area contributed by atoms with Crippen LogP contribution in [0, 0.1) is 0 Å². The lowest BCUT2D eigenvalue weighted by atomic mass is 10.1. The number of methoxy groups -OCH3 is 1. The highest BCUT2D eigenvalue weighted by molar-refractivity contribution is 14.0. The molecule has 6 heteroatoms. The second-order valence-electron chi connectivity index (χ2n) is 4.85. The zero-order valence-corrected chi connectivity index (χ0v) is 15.4. The number of hydrogen-bond acceptors (Lipinski definition) is 3. The highest BCUT2D eigenvalue weighted by Crippen LogP contribution is 2.14. The van der Waals surface area contributed by atoms with E-state index < -0.39 is 0 Å². The fraction of sp³-hybridized carbons (Fsp3) is 0.235. The van der Waals surface area contributed by atoms with Gasteiger partial charge in [0.2, 0.25) is 0 Å². The number of benzene rings is 2. The maximum Gasteiger partial charge on any atom is 0.193 e. The molecule has 0 radical (unpaired) electrons. The van der Waals surface area contributed by atoms with Crippen molar-refractivity contribution in [3.63, 3.8) is 0 Å². The molecule has 2 aromatic rings. The Morgan fingerprint density at radius 2 is 1.70 bits per heavy atom. The van der Waals surface area contributed by atoms with Crippen molar-refractivity contribution in [2.24, 2.45) is 10.7 Å². The first-order chi connectivity index (χ1) is 10.7. The molecule has 0 bridgehead atoms. The molecule has 0 spiro atoms. The van der Waals surface area contributed by atoms with E-state index in [2.05, 4.69) is 10.3 Å². The summed E-state index contributed by atoms with van der Waals surface area (Å²) in [7, 11) is 1.63. The Hall–Kier alpha value is -1.80. The molecule has 23 heavy (non-hydrogen) atoms. The van der Waals surface area contributed by atoms with Gasteiger partial charge in [0.25, 0.3) is 0 Å². The predicted molar refractivity (Wildman–Crippen MR) is 105 cm³/mol. The SMILES string of the molecule is COc1ccc(NC(N)=NCCc2ccc(CO)cc2)cc1.I. The van der Waals surface area contributed by atoms with Crippen LogP contribution in [0.5, 0.6) is 5.75 Å². The highest BCUT2D eigenvalue weighted by Gasteiger charge is 1.97. The third-order valence-electron chi connectivity index (χ3n) is 3.25. The first-order valence-corrected chi connectivity index (χ1v) is 7.11. The normalized spacial score (nSPS) is 10.8. The number of nitrogens with two attached hydrogens (primary N) is 1. The zero-order chi connectivity index (χ0) is 15.8. The van der Waals surface area contributed by atoms with E-state index in [0.717, 1.165) is 29.0 Å². The summed E-state index contributed by atoms with van der Waals surface area (Å²) >= 11 is 0. The van der Waals surface area contributed by atoms with E-state index in [0.29, 0.717) is 12.5 Å². The first kappa shape index (κ1) is 19.2. The monoisotopic (exact) mass is 427 g/mol.